The summed E-state index contributed by atoms with van der Waals surface area (Å²) in [5.41, 5.74) is 9.45. The highest BCUT2D eigenvalue weighted by atomic mass is 15.1. The van der Waals surface area contributed by atoms with Crippen molar-refractivity contribution in [3.05, 3.63) is 191 Å². The molecule has 206 valence electrons. The van der Waals surface area contributed by atoms with Crippen molar-refractivity contribution in [1.82, 2.24) is 4.57 Å². The van der Waals surface area contributed by atoms with E-state index in [-0.39, 0.29) is 0 Å². The lowest BCUT2D eigenvalue weighted by atomic mass is 10.0. The molecule has 8 aromatic rings. The Morgan fingerprint density at radius 3 is 1.48 bits per heavy atom. The molecule has 1 aliphatic carbocycles. The molecule has 1 aromatic heterocycles. The first-order chi connectivity index (χ1) is 21.8. The second kappa shape index (κ2) is 9.86. The second-order valence-electron chi connectivity index (χ2n) is 11.4. The van der Waals surface area contributed by atoms with Crippen LogP contribution in [0.15, 0.2) is 170 Å². The zero-order valence-corrected chi connectivity index (χ0v) is 24.1. The Hall–Kier alpha value is -5.86. The van der Waals surface area contributed by atoms with Crippen LogP contribution in [-0.2, 0) is 0 Å². The maximum Gasteiger partial charge on any atom is 0.0541 e. The van der Waals surface area contributed by atoms with Crippen LogP contribution in [0.1, 0.15) is 0 Å². The summed E-state index contributed by atoms with van der Waals surface area (Å²) in [4.78, 5) is 2.34. The molecule has 0 saturated heterocycles. The van der Waals surface area contributed by atoms with Crippen LogP contribution in [0.25, 0.3) is 38.6 Å². The van der Waals surface area contributed by atoms with E-state index in [4.69, 9.17) is 0 Å². The largest absolute Gasteiger partial charge is 0.310 e. The molecular weight excluding hydrogens is 532 g/mol. The molecule has 0 aliphatic heterocycles. The van der Waals surface area contributed by atoms with Gasteiger partial charge in [-0.05, 0) is 92.7 Å². The standard InChI is InChI=1S/C42H28N2/c1-2-10-31(11-3-1)43(34-26-27-37-35-12-4-5-13-36(35)40(37)28-34)32-22-18-29(19-23-32)30-20-24-33(25-21-30)44-41-16-8-6-14-38(41)39-15-7-9-17-42(39)44/h1-28H. The van der Waals surface area contributed by atoms with Crippen LogP contribution in [0.5, 0.6) is 0 Å². The fourth-order valence-electron chi connectivity index (χ4n) is 6.85. The fraction of sp³-hybridized carbons (Fsp3) is 0. The first-order valence-corrected chi connectivity index (χ1v) is 15.1. The lowest BCUT2D eigenvalue weighted by molar-refractivity contribution is 1.18. The number of hydrogen-bond donors (Lipinski definition) is 0. The third-order valence-corrected chi connectivity index (χ3v) is 8.95. The van der Waals surface area contributed by atoms with E-state index >= 15 is 0 Å². The lowest BCUT2D eigenvalue weighted by Crippen LogP contribution is -2.10. The summed E-state index contributed by atoms with van der Waals surface area (Å²) in [5.74, 6) is 0. The first kappa shape index (κ1) is 24.7. The van der Waals surface area contributed by atoms with Crippen molar-refractivity contribution < 1.29 is 0 Å². The van der Waals surface area contributed by atoms with Gasteiger partial charge in [-0.15, -0.1) is 0 Å². The molecule has 0 N–H and O–H groups in total. The van der Waals surface area contributed by atoms with Crippen molar-refractivity contribution in [1.29, 1.82) is 0 Å². The van der Waals surface area contributed by atoms with E-state index < -0.39 is 0 Å². The van der Waals surface area contributed by atoms with Crippen LogP contribution < -0.4 is 4.90 Å². The summed E-state index contributed by atoms with van der Waals surface area (Å²) in [6, 6.07) is 61.3. The smallest absolute Gasteiger partial charge is 0.0541 e. The topological polar surface area (TPSA) is 8.17 Å². The van der Waals surface area contributed by atoms with Gasteiger partial charge in [0.05, 0.1) is 11.0 Å². The van der Waals surface area contributed by atoms with Crippen LogP contribution >= 0.6 is 0 Å². The Labute approximate surface area is 255 Å². The van der Waals surface area contributed by atoms with Gasteiger partial charge in [-0.1, -0.05) is 109 Å². The van der Waals surface area contributed by atoms with Crippen molar-refractivity contribution in [3.63, 3.8) is 0 Å². The molecule has 0 unspecified atom stereocenters. The van der Waals surface area contributed by atoms with Crippen LogP contribution in [0, 0.1) is 20.9 Å². The molecule has 1 heterocycles. The van der Waals surface area contributed by atoms with Crippen LogP contribution in [-0.4, -0.2) is 4.57 Å². The summed E-state index contributed by atoms with van der Waals surface area (Å²) in [6.07, 6.45) is 0. The Morgan fingerprint density at radius 2 is 0.818 bits per heavy atom. The normalized spacial score (nSPS) is 11.6. The molecule has 2 heteroatoms. The van der Waals surface area contributed by atoms with E-state index in [1.54, 1.807) is 0 Å². The minimum atomic E-state index is 1.13. The van der Waals surface area contributed by atoms with E-state index in [0.29, 0.717) is 0 Å². The van der Waals surface area contributed by atoms with Crippen molar-refractivity contribution in [2.24, 2.45) is 0 Å². The van der Waals surface area contributed by atoms with Gasteiger partial charge in [-0.25, -0.2) is 0 Å². The third-order valence-electron chi connectivity index (χ3n) is 8.95. The number of hydrogen-bond acceptors (Lipinski definition) is 1. The molecule has 0 spiro atoms. The van der Waals surface area contributed by atoms with Gasteiger partial charge in [-0.2, -0.15) is 0 Å². The molecule has 44 heavy (non-hydrogen) atoms. The van der Waals surface area contributed by atoms with Gasteiger partial charge in [0.1, 0.15) is 0 Å². The summed E-state index contributed by atoms with van der Waals surface area (Å²) in [5, 5.41) is 7.88. The Bertz CT molecular complexity index is 2480. The third kappa shape index (κ3) is 3.82. The minimum Gasteiger partial charge on any atom is -0.310 e. The maximum absolute atomic E-state index is 2.36. The minimum absolute atomic E-state index is 1.13. The molecule has 0 amide bonds. The molecular formula is C42H28N2. The number of nitrogens with zero attached hydrogens (tertiary/aromatic N) is 2. The van der Waals surface area contributed by atoms with E-state index in [2.05, 4.69) is 179 Å². The van der Waals surface area contributed by atoms with Crippen molar-refractivity contribution >= 4 is 38.9 Å². The van der Waals surface area contributed by atoms with Gasteiger partial charge in [0.15, 0.2) is 0 Å². The number of anilines is 3. The average Bonchev–Trinajstić information content (AvgIpc) is 3.43. The van der Waals surface area contributed by atoms with E-state index in [1.807, 2.05) is 0 Å². The average molecular weight is 561 g/mol. The lowest BCUT2D eigenvalue weighted by Gasteiger charge is -2.26. The van der Waals surface area contributed by atoms with Crippen LogP contribution in [0.4, 0.5) is 17.1 Å². The molecule has 7 aromatic carbocycles. The van der Waals surface area contributed by atoms with Crippen molar-refractivity contribution in [2.75, 3.05) is 4.90 Å². The number of fused-ring (bicyclic) bond motifs is 5. The fourth-order valence-corrected chi connectivity index (χ4v) is 6.85. The first-order valence-electron chi connectivity index (χ1n) is 15.1. The second-order valence-corrected chi connectivity index (χ2v) is 11.4. The van der Waals surface area contributed by atoms with Crippen LogP contribution in [0.3, 0.4) is 0 Å². The maximum atomic E-state index is 2.36. The Kier molecular flexibility index (Phi) is 5.54. The number of aromatic nitrogens is 1. The van der Waals surface area contributed by atoms with Gasteiger partial charge in [0.25, 0.3) is 0 Å². The van der Waals surface area contributed by atoms with Gasteiger partial charge in [-0.3, -0.25) is 0 Å². The molecule has 0 saturated carbocycles. The highest BCUT2D eigenvalue weighted by Crippen LogP contribution is 2.37. The predicted molar refractivity (Wildman–Crippen MR) is 183 cm³/mol. The van der Waals surface area contributed by atoms with Crippen molar-refractivity contribution in [3.8, 4) is 16.8 Å². The summed E-state index contributed by atoms with van der Waals surface area (Å²) in [7, 11) is 0. The molecule has 0 atom stereocenters. The molecule has 0 fully saturated rings. The predicted octanol–water partition coefficient (Wildman–Crippen LogP) is 10.8. The molecule has 0 radical (unpaired) electrons. The number of rotatable bonds is 5. The molecule has 0 bridgehead atoms. The number of benzene rings is 7. The summed E-state index contributed by atoms with van der Waals surface area (Å²) < 4.78 is 2.36. The van der Waals surface area contributed by atoms with Gasteiger partial charge >= 0.3 is 0 Å². The SMILES string of the molecule is c1ccc(N(c2ccc(-c3ccc(-n4c5ccccc5c5ccccc54)cc3)cc2)c2ccc3c(c2)=c2ccccc2=3)cc1. The van der Waals surface area contributed by atoms with Crippen molar-refractivity contribution in [2.45, 2.75) is 0 Å². The zero-order chi connectivity index (χ0) is 29.0. The highest BCUT2D eigenvalue weighted by Gasteiger charge is 2.15. The van der Waals surface area contributed by atoms with Gasteiger partial charge < -0.3 is 9.47 Å². The van der Waals surface area contributed by atoms with E-state index in [0.717, 1.165) is 17.1 Å². The molecule has 2 nitrogen and oxygen atoms in total. The van der Waals surface area contributed by atoms with Crippen LogP contribution in [0.2, 0.25) is 0 Å². The Balaban J connectivity index is 1.09. The van der Waals surface area contributed by atoms with E-state index in [1.165, 1.54) is 59.5 Å². The Morgan fingerprint density at radius 1 is 0.341 bits per heavy atom. The van der Waals surface area contributed by atoms with Gasteiger partial charge in [0.2, 0.25) is 0 Å². The zero-order valence-electron chi connectivity index (χ0n) is 24.1. The molecule has 1 aliphatic rings. The summed E-state index contributed by atoms with van der Waals surface area (Å²) in [6.45, 7) is 0. The molecule has 9 rings (SSSR count). The number of para-hydroxylation sites is 3. The van der Waals surface area contributed by atoms with E-state index in [9.17, 15) is 0 Å². The summed E-state index contributed by atoms with van der Waals surface area (Å²) >= 11 is 0. The quantitative estimate of drug-likeness (QED) is 0.203. The highest BCUT2D eigenvalue weighted by molar-refractivity contribution is 6.09. The van der Waals surface area contributed by atoms with Gasteiger partial charge in [0, 0.05) is 33.5 Å². The monoisotopic (exact) mass is 560 g/mol.